The number of aromatic nitrogens is 2. The topological polar surface area (TPSA) is 91.2 Å². The zero-order chi connectivity index (χ0) is 42.6. The molecule has 4 atom stereocenters. The van der Waals surface area contributed by atoms with Crippen LogP contribution in [0.1, 0.15) is 58.5 Å². The Kier molecular flexibility index (Phi) is 9.42. The lowest BCUT2D eigenvalue weighted by Gasteiger charge is -2.29. The molecule has 4 N–H and O–H groups in total. The second-order valence-corrected chi connectivity index (χ2v) is 17.4. The molecule has 0 fully saturated rings. The van der Waals surface area contributed by atoms with Crippen LogP contribution in [0.4, 0.5) is 5.69 Å². The fraction of sp³-hybridized carbons (Fsp3) is 0.123. The molecule has 0 saturated heterocycles. The van der Waals surface area contributed by atoms with Gasteiger partial charge in [0.1, 0.15) is 6.04 Å². The van der Waals surface area contributed by atoms with Gasteiger partial charge in [0.05, 0.1) is 28.3 Å². The van der Waals surface area contributed by atoms with Crippen molar-refractivity contribution in [3.63, 3.8) is 0 Å². The van der Waals surface area contributed by atoms with Crippen molar-refractivity contribution in [2.24, 2.45) is 15.9 Å². The van der Waals surface area contributed by atoms with Gasteiger partial charge in [0, 0.05) is 39.5 Å². The van der Waals surface area contributed by atoms with Crippen LogP contribution in [0, 0.1) is 5.92 Å². The molecule has 5 aromatic carbocycles. The van der Waals surface area contributed by atoms with Crippen LogP contribution < -0.4 is 16.0 Å². The molecule has 0 bridgehead atoms. The molecular weight excluding hydrogens is 783 g/mol. The highest BCUT2D eigenvalue weighted by atomic mass is 15.2. The number of nitrogens with zero attached hydrogens (tertiary/aromatic N) is 4. The standard InChI is InChI=1S/C57H45N7/c1-35-10-8-16-45-44(26-27-46(47(45)32-35)49-29-25-39-20-19-38-15-9-31-58-53(38)54(39)61-49)42-21-17-36-23-28-48(59-51(36)33-42)43-22-18-37-24-30-50(60-52(37)34-43)57-63-55(40-11-4-2-5-12-40)62-56(64-57)41-13-6-3-7-14-41/h2-9,11-31,33-35,50-51,55,59-60H,10,32H2,1H3,(H,62,63,64)/p+1. The van der Waals surface area contributed by atoms with Crippen molar-refractivity contribution in [3.8, 4) is 11.3 Å². The number of anilines is 1. The number of dihydropyridines is 1. The van der Waals surface area contributed by atoms with E-state index in [1.54, 1.807) is 0 Å². The van der Waals surface area contributed by atoms with Gasteiger partial charge in [0.25, 0.3) is 0 Å². The van der Waals surface area contributed by atoms with Gasteiger partial charge in [-0.3, -0.25) is 10.3 Å². The molecule has 7 nitrogen and oxygen atoms in total. The van der Waals surface area contributed by atoms with Crippen LogP contribution in [0.15, 0.2) is 192 Å². The Morgan fingerprint density at radius 3 is 2.41 bits per heavy atom. The number of benzene rings is 5. The molecule has 2 aliphatic carbocycles. The van der Waals surface area contributed by atoms with Crippen LogP contribution in [-0.2, 0) is 6.42 Å². The molecule has 7 aromatic rings. The maximum Gasteiger partial charge on any atom is 0.235 e. The van der Waals surface area contributed by atoms with Crippen LogP contribution in [-0.4, -0.2) is 33.7 Å². The number of allylic oxidation sites excluding steroid dienone is 5. The van der Waals surface area contributed by atoms with Crippen molar-refractivity contribution in [2.75, 3.05) is 5.32 Å². The highest BCUT2D eigenvalue weighted by molar-refractivity contribution is 6.07. The summed E-state index contributed by atoms with van der Waals surface area (Å²) in [6.45, 7) is 2.35. The normalized spacial score (nSPS) is 20.9. The van der Waals surface area contributed by atoms with E-state index in [0.717, 1.165) is 85.7 Å². The number of nitrogens with two attached hydrogens (primary N) is 1. The molecule has 0 spiro atoms. The molecule has 7 heteroatoms. The Hall–Kier alpha value is -7.74. The summed E-state index contributed by atoms with van der Waals surface area (Å²) >= 11 is 0. The van der Waals surface area contributed by atoms with Crippen molar-refractivity contribution in [1.82, 2.24) is 15.3 Å². The zero-order valence-corrected chi connectivity index (χ0v) is 35.5. The minimum Gasteiger partial charge on any atom is -0.374 e. The van der Waals surface area contributed by atoms with Crippen molar-refractivity contribution in [3.05, 3.63) is 221 Å². The number of hydrogen-bond acceptors (Lipinski definition) is 6. The highest BCUT2D eigenvalue weighted by Crippen LogP contribution is 2.39. The van der Waals surface area contributed by atoms with Crippen LogP contribution in [0.25, 0.3) is 56.5 Å². The van der Waals surface area contributed by atoms with Crippen LogP contribution >= 0.6 is 0 Å². The van der Waals surface area contributed by atoms with Gasteiger partial charge in [0.15, 0.2) is 5.84 Å². The van der Waals surface area contributed by atoms with Crippen LogP contribution in [0.5, 0.6) is 0 Å². The minimum atomic E-state index is -0.178. The lowest BCUT2D eigenvalue weighted by atomic mass is 9.84. The van der Waals surface area contributed by atoms with E-state index in [1.807, 2.05) is 24.4 Å². The quantitative estimate of drug-likeness (QED) is 0.146. The maximum absolute atomic E-state index is 5.29. The Labute approximate surface area is 372 Å². The number of rotatable bonds is 6. The summed E-state index contributed by atoms with van der Waals surface area (Å²) in [5.41, 5.74) is 17.1. The molecule has 0 saturated carbocycles. The van der Waals surface area contributed by atoms with Gasteiger partial charge in [-0.05, 0) is 94.1 Å². The van der Waals surface area contributed by atoms with E-state index in [2.05, 4.69) is 187 Å². The van der Waals surface area contributed by atoms with Gasteiger partial charge >= 0.3 is 0 Å². The molecular formula is C57H46N7+. The Morgan fingerprint density at radius 1 is 0.688 bits per heavy atom. The summed E-state index contributed by atoms with van der Waals surface area (Å²) in [6.07, 6.45) is 24.2. The second-order valence-electron chi connectivity index (χ2n) is 17.4. The number of fused-ring (bicyclic) bond motifs is 6. The number of pyridine rings is 2. The van der Waals surface area contributed by atoms with Crippen LogP contribution in [0.3, 0.4) is 0 Å². The highest BCUT2D eigenvalue weighted by Gasteiger charge is 2.30. The van der Waals surface area contributed by atoms with E-state index < -0.39 is 0 Å². The molecule has 4 unspecified atom stereocenters. The summed E-state index contributed by atoms with van der Waals surface area (Å²) in [4.78, 5) is 20.4. The first-order valence-electron chi connectivity index (χ1n) is 22.3. The van der Waals surface area contributed by atoms with Crippen molar-refractivity contribution in [1.29, 1.82) is 0 Å². The van der Waals surface area contributed by atoms with Gasteiger partial charge < -0.3 is 10.6 Å². The number of hydrogen-bond donors (Lipinski definition) is 3. The number of aliphatic imine (C=N–C) groups is 2. The van der Waals surface area contributed by atoms with E-state index in [0.29, 0.717) is 5.92 Å². The van der Waals surface area contributed by atoms with E-state index in [-0.39, 0.29) is 18.2 Å². The van der Waals surface area contributed by atoms with E-state index >= 15 is 0 Å². The first-order valence-corrected chi connectivity index (χ1v) is 22.3. The third kappa shape index (κ3) is 7.00. The van der Waals surface area contributed by atoms with E-state index in [1.165, 1.54) is 33.4 Å². The van der Waals surface area contributed by atoms with Gasteiger partial charge in [-0.15, -0.1) is 0 Å². The maximum atomic E-state index is 5.29. The number of quaternary nitrogens is 1. The largest absolute Gasteiger partial charge is 0.374 e. The molecule has 308 valence electrons. The van der Waals surface area contributed by atoms with E-state index in [9.17, 15) is 0 Å². The molecule has 12 rings (SSSR count). The Bertz CT molecular complexity index is 3280. The molecule has 64 heavy (non-hydrogen) atoms. The lowest BCUT2D eigenvalue weighted by molar-refractivity contribution is -0.586. The second kappa shape index (κ2) is 15.9. The number of nitrogens with one attached hydrogen (secondary N) is 2. The van der Waals surface area contributed by atoms with Crippen LogP contribution in [0.2, 0.25) is 0 Å². The Morgan fingerprint density at radius 2 is 1.52 bits per heavy atom. The fourth-order valence-electron chi connectivity index (χ4n) is 9.77. The fourth-order valence-corrected chi connectivity index (χ4v) is 9.77. The summed E-state index contributed by atoms with van der Waals surface area (Å²) < 4.78 is 0. The minimum absolute atomic E-state index is 0.0251. The molecule has 2 aromatic heterocycles. The Balaban J connectivity index is 0.835. The predicted molar refractivity (Wildman–Crippen MR) is 264 cm³/mol. The monoisotopic (exact) mass is 828 g/mol. The first-order chi connectivity index (χ1) is 31.6. The zero-order valence-electron chi connectivity index (χ0n) is 35.5. The summed E-state index contributed by atoms with van der Waals surface area (Å²) in [7, 11) is 0. The van der Waals surface area contributed by atoms with E-state index in [4.69, 9.17) is 20.0 Å². The molecule has 0 amide bonds. The predicted octanol–water partition coefficient (Wildman–Crippen LogP) is 10.9. The van der Waals surface area contributed by atoms with Crippen molar-refractivity contribution in [2.45, 2.75) is 38.0 Å². The average molecular weight is 829 g/mol. The first kappa shape index (κ1) is 38.0. The third-order valence-corrected chi connectivity index (χ3v) is 13.1. The number of amidine groups is 2. The smallest absolute Gasteiger partial charge is 0.235 e. The van der Waals surface area contributed by atoms with Crippen molar-refractivity contribution >= 4 is 62.6 Å². The van der Waals surface area contributed by atoms with Gasteiger partial charge in [-0.1, -0.05) is 153 Å². The van der Waals surface area contributed by atoms with Gasteiger partial charge in [-0.2, -0.15) is 4.99 Å². The summed E-state index contributed by atoms with van der Waals surface area (Å²) in [6, 6.07) is 44.7. The molecule has 0 radical (unpaired) electrons. The summed E-state index contributed by atoms with van der Waals surface area (Å²) in [5, 5.41) is 12.1. The van der Waals surface area contributed by atoms with Gasteiger partial charge in [-0.25, -0.2) is 9.98 Å². The van der Waals surface area contributed by atoms with Gasteiger partial charge in [0.2, 0.25) is 12.0 Å². The average Bonchev–Trinajstić information content (AvgIpc) is 3.56. The molecule has 5 aliphatic rings. The molecule has 3 aliphatic heterocycles. The summed E-state index contributed by atoms with van der Waals surface area (Å²) in [5.74, 6) is 2.23. The molecule has 5 heterocycles. The SMILES string of the molecule is CC1CC=Cc2c(C3=CC4NC(c5ccc6c(c5)NC(C5=NC(c7ccccc7)[NH2+]C(c7ccccc7)=N5)C=C6)=CC=C4C=C3)ccc(-c3ccc4ccc5cccnc5c4n3)c2C1. The van der Waals surface area contributed by atoms with Crippen molar-refractivity contribution < 1.29 is 5.32 Å². The lowest BCUT2D eigenvalue weighted by Crippen LogP contribution is -2.90. The third-order valence-electron chi connectivity index (χ3n) is 13.1.